The number of hydrogen-bond acceptors (Lipinski definition) is 2. The molecule has 3 rings (SSSR count). The highest BCUT2D eigenvalue weighted by atomic mass is 19.1. The number of aromatic nitrogens is 1. The zero-order chi connectivity index (χ0) is 18.7. The summed E-state index contributed by atoms with van der Waals surface area (Å²) in [5.41, 5.74) is 1.19. The average molecular weight is 358 g/mol. The van der Waals surface area contributed by atoms with Gasteiger partial charge in [0.05, 0.1) is 6.42 Å². The molecule has 0 saturated carbocycles. The van der Waals surface area contributed by atoms with Gasteiger partial charge < -0.3 is 15.4 Å². The molecule has 2 aromatic carbocycles. The summed E-state index contributed by atoms with van der Waals surface area (Å²) in [4.78, 5) is 26.7. The van der Waals surface area contributed by atoms with Crippen molar-refractivity contribution in [1.82, 2.24) is 10.3 Å². The molecule has 0 unspecified atom stereocenters. The molecule has 0 bridgehead atoms. The average Bonchev–Trinajstić information content (AvgIpc) is 3.01. The molecule has 0 aliphatic rings. The van der Waals surface area contributed by atoms with Gasteiger partial charge in [-0.1, -0.05) is 24.3 Å². The van der Waals surface area contributed by atoms with Crippen molar-refractivity contribution in [3.8, 4) is 0 Å². The first kappa shape index (κ1) is 17.6. The number of carbonyl (C=O) groups excluding carboxylic acids is 1. The fourth-order valence-electron chi connectivity index (χ4n) is 2.83. The highest BCUT2D eigenvalue weighted by Crippen LogP contribution is 2.19. The van der Waals surface area contributed by atoms with E-state index in [1.807, 2.05) is 24.3 Å². The summed E-state index contributed by atoms with van der Waals surface area (Å²) in [5, 5.41) is 12.6. The summed E-state index contributed by atoms with van der Waals surface area (Å²) in [5.74, 6) is -3.67. The van der Waals surface area contributed by atoms with Gasteiger partial charge in [0.2, 0.25) is 5.91 Å². The van der Waals surface area contributed by atoms with Gasteiger partial charge in [-0.2, -0.15) is 0 Å². The predicted octanol–water partition coefficient (Wildman–Crippen LogP) is 2.80. The number of aromatic amines is 1. The lowest BCUT2D eigenvalue weighted by molar-refractivity contribution is -0.141. The number of fused-ring (bicyclic) bond motifs is 1. The van der Waals surface area contributed by atoms with E-state index in [-0.39, 0.29) is 12.0 Å². The molecule has 0 spiro atoms. The molecule has 0 fully saturated rings. The second-order valence-electron chi connectivity index (χ2n) is 5.90. The van der Waals surface area contributed by atoms with Crippen LogP contribution in [0.2, 0.25) is 0 Å². The summed E-state index contributed by atoms with van der Waals surface area (Å²) in [6, 6.07) is 9.46. The van der Waals surface area contributed by atoms with Crippen molar-refractivity contribution in [2.75, 3.05) is 0 Å². The Bertz CT molecular complexity index is 948. The number of H-pyrrole nitrogens is 1. The Morgan fingerprint density at radius 2 is 1.77 bits per heavy atom. The molecule has 3 N–H and O–H groups in total. The van der Waals surface area contributed by atoms with Crippen LogP contribution in [0.1, 0.15) is 11.1 Å². The number of rotatable bonds is 6. The van der Waals surface area contributed by atoms with Crippen LogP contribution in [0.4, 0.5) is 8.78 Å². The van der Waals surface area contributed by atoms with Gasteiger partial charge in [-0.25, -0.2) is 13.6 Å². The van der Waals surface area contributed by atoms with Gasteiger partial charge in [0.1, 0.15) is 17.7 Å². The fraction of sp³-hybridized carbons (Fsp3) is 0.158. The first-order valence-corrected chi connectivity index (χ1v) is 7.95. The van der Waals surface area contributed by atoms with Crippen molar-refractivity contribution < 1.29 is 23.5 Å². The molecule has 7 heteroatoms. The van der Waals surface area contributed by atoms with Crippen molar-refractivity contribution in [3.05, 3.63) is 71.4 Å². The normalized spacial score (nSPS) is 12.1. The number of amides is 1. The molecular weight excluding hydrogens is 342 g/mol. The number of carboxylic acids is 1. The van der Waals surface area contributed by atoms with Crippen LogP contribution in [0.15, 0.2) is 48.7 Å². The number of carbonyl (C=O) groups is 2. The van der Waals surface area contributed by atoms with Gasteiger partial charge in [-0.05, 0) is 23.8 Å². The third-order valence-corrected chi connectivity index (χ3v) is 4.13. The second-order valence-corrected chi connectivity index (χ2v) is 5.90. The van der Waals surface area contributed by atoms with Gasteiger partial charge in [0, 0.05) is 29.1 Å². The van der Waals surface area contributed by atoms with Crippen molar-refractivity contribution in [2.24, 2.45) is 0 Å². The maximum absolute atomic E-state index is 13.6. The molecular formula is C19H16F2N2O3. The van der Waals surface area contributed by atoms with Gasteiger partial charge in [-0.15, -0.1) is 0 Å². The molecule has 0 aliphatic heterocycles. The zero-order valence-corrected chi connectivity index (χ0v) is 13.6. The van der Waals surface area contributed by atoms with Crippen LogP contribution >= 0.6 is 0 Å². The monoisotopic (exact) mass is 358 g/mol. The Hall–Kier alpha value is -3.22. The topological polar surface area (TPSA) is 82.2 Å². The number of nitrogens with one attached hydrogen (secondary N) is 2. The highest BCUT2D eigenvalue weighted by molar-refractivity contribution is 5.87. The smallest absolute Gasteiger partial charge is 0.326 e. The lowest BCUT2D eigenvalue weighted by atomic mass is 10.0. The fourth-order valence-corrected chi connectivity index (χ4v) is 2.83. The molecule has 1 amide bonds. The Morgan fingerprint density at radius 1 is 1.08 bits per heavy atom. The van der Waals surface area contributed by atoms with Crippen LogP contribution in [0.5, 0.6) is 0 Å². The van der Waals surface area contributed by atoms with E-state index in [9.17, 15) is 23.5 Å². The van der Waals surface area contributed by atoms with Crippen molar-refractivity contribution in [1.29, 1.82) is 0 Å². The summed E-state index contributed by atoms with van der Waals surface area (Å²) in [6.45, 7) is 0. The van der Waals surface area contributed by atoms with E-state index in [0.717, 1.165) is 28.6 Å². The van der Waals surface area contributed by atoms with Gasteiger partial charge in [0.15, 0.2) is 0 Å². The number of para-hydroxylation sites is 1. The Morgan fingerprint density at radius 3 is 2.46 bits per heavy atom. The van der Waals surface area contributed by atoms with E-state index >= 15 is 0 Å². The van der Waals surface area contributed by atoms with Crippen LogP contribution in [0, 0.1) is 11.6 Å². The molecule has 26 heavy (non-hydrogen) atoms. The first-order valence-electron chi connectivity index (χ1n) is 7.95. The maximum Gasteiger partial charge on any atom is 0.326 e. The van der Waals surface area contributed by atoms with Crippen molar-refractivity contribution in [3.63, 3.8) is 0 Å². The van der Waals surface area contributed by atoms with E-state index in [4.69, 9.17) is 0 Å². The molecule has 0 aliphatic carbocycles. The molecule has 134 valence electrons. The largest absolute Gasteiger partial charge is 0.480 e. The quantitative estimate of drug-likeness (QED) is 0.634. The van der Waals surface area contributed by atoms with Gasteiger partial charge in [0.25, 0.3) is 0 Å². The third-order valence-electron chi connectivity index (χ3n) is 4.13. The van der Waals surface area contributed by atoms with Crippen LogP contribution in [-0.4, -0.2) is 28.0 Å². The predicted molar refractivity (Wildman–Crippen MR) is 91.6 cm³/mol. The number of halogens is 2. The molecule has 0 saturated heterocycles. The maximum atomic E-state index is 13.6. The number of carboxylic acid groups (broad SMARTS) is 1. The van der Waals surface area contributed by atoms with E-state index in [2.05, 4.69) is 10.3 Å². The molecule has 0 radical (unpaired) electrons. The summed E-state index contributed by atoms with van der Waals surface area (Å²) >= 11 is 0. The van der Waals surface area contributed by atoms with Crippen LogP contribution < -0.4 is 5.32 Å². The summed E-state index contributed by atoms with van der Waals surface area (Å²) < 4.78 is 27.3. The number of hydrogen-bond donors (Lipinski definition) is 3. The van der Waals surface area contributed by atoms with E-state index in [0.29, 0.717) is 0 Å². The van der Waals surface area contributed by atoms with Crippen LogP contribution in [0.3, 0.4) is 0 Å². The highest BCUT2D eigenvalue weighted by Gasteiger charge is 2.23. The van der Waals surface area contributed by atoms with E-state index in [1.54, 1.807) is 6.20 Å². The molecule has 3 aromatic rings. The lowest BCUT2D eigenvalue weighted by Gasteiger charge is -2.14. The molecule has 1 atom stereocenters. The lowest BCUT2D eigenvalue weighted by Crippen LogP contribution is -2.43. The third kappa shape index (κ3) is 3.72. The minimum absolute atomic E-state index is 0.0465. The van der Waals surface area contributed by atoms with Crippen molar-refractivity contribution >= 4 is 22.8 Å². The SMILES string of the molecule is O=C(Cc1c(F)cccc1F)N[C@H](Cc1c[nH]c2ccccc12)C(=O)O. The Balaban J connectivity index is 1.74. The Labute approximate surface area is 147 Å². The first-order chi connectivity index (χ1) is 12.5. The van der Waals surface area contributed by atoms with E-state index < -0.39 is 36.0 Å². The minimum Gasteiger partial charge on any atom is -0.480 e. The minimum atomic E-state index is -1.22. The van der Waals surface area contributed by atoms with E-state index in [1.165, 1.54) is 6.07 Å². The van der Waals surface area contributed by atoms with Gasteiger partial charge in [-0.3, -0.25) is 4.79 Å². The van der Waals surface area contributed by atoms with Crippen LogP contribution in [0.25, 0.3) is 10.9 Å². The standard InChI is InChI=1S/C19H16F2N2O3/c20-14-5-3-6-15(21)13(14)9-18(24)23-17(19(25)26)8-11-10-22-16-7-2-1-4-12(11)16/h1-7,10,17,22H,8-9H2,(H,23,24)(H,25,26)/t17-/m1/s1. The summed E-state index contributed by atoms with van der Waals surface area (Å²) in [7, 11) is 0. The number of aliphatic carboxylic acids is 1. The second kappa shape index (κ2) is 7.35. The summed E-state index contributed by atoms with van der Waals surface area (Å²) in [6.07, 6.45) is 1.16. The van der Waals surface area contributed by atoms with Gasteiger partial charge >= 0.3 is 5.97 Å². The van der Waals surface area contributed by atoms with Crippen LogP contribution in [-0.2, 0) is 22.4 Å². The molecule has 5 nitrogen and oxygen atoms in total. The Kier molecular flexibility index (Phi) is 4.97. The number of benzene rings is 2. The molecule has 1 aromatic heterocycles. The molecule has 1 heterocycles. The zero-order valence-electron chi connectivity index (χ0n) is 13.6. The van der Waals surface area contributed by atoms with Crippen molar-refractivity contribution in [2.45, 2.75) is 18.9 Å².